The van der Waals surface area contributed by atoms with E-state index in [0.717, 1.165) is 31.3 Å². The van der Waals surface area contributed by atoms with Gasteiger partial charge in [0.15, 0.2) is 0 Å². The molecule has 16 heavy (non-hydrogen) atoms. The highest BCUT2D eigenvalue weighted by Crippen LogP contribution is 2.57. The second-order valence-electron chi connectivity index (χ2n) is 5.66. The first kappa shape index (κ1) is 10.6. The molecule has 90 valence electrons. The summed E-state index contributed by atoms with van der Waals surface area (Å²) in [5, 5.41) is 6.58. The number of hydrogen-bond acceptors (Lipinski definition) is 2. The fourth-order valence-electron chi connectivity index (χ4n) is 3.70. The molecule has 3 nitrogen and oxygen atoms in total. The molecule has 2 unspecified atom stereocenters. The maximum absolute atomic E-state index is 11.9. The van der Waals surface area contributed by atoms with Crippen molar-refractivity contribution in [2.75, 3.05) is 13.1 Å². The van der Waals surface area contributed by atoms with E-state index >= 15 is 0 Å². The van der Waals surface area contributed by atoms with Crippen LogP contribution < -0.4 is 10.6 Å². The first-order chi connectivity index (χ1) is 7.86. The Morgan fingerprint density at radius 1 is 1.19 bits per heavy atom. The van der Waals surface area contributed by atoms with Gasteiger partial charge in [0.05, 0.1) is 0 Å². The molecule has 0 spiro atoms. The van der Waals surface area contributed by atoms with Crippen LogP contribution in [0.25, 0.3) is 0 Å². The number of nitrogens with one attached hydrogen (secondary N) is 2. The van der Waals surface area contributed by atoms with E-state index in [1.807, 2.05) is 0 Å². The number of carbonyl (C=O) groups is 1. The summed E-state index contributed by atoms with van der Waals surface area (Å²) < 4.78 is 0. The standard InChI is InChI=1S/C13H22N2O/c16-13(12-10-4-1-5-11(10)12)15-8-6-9-3-2-7-14-9/h9-12,14H,1-8H2,(H,15,16)/t9-,10?,11?,12?/m0/s1. The van der Waals surface area contributed by atoms with Crippen molar-refractivity contribution in [3.05, 3.63) is 0 Å². The van der Waals surface area contributed by atoms with Crippen LogP contribution in [0.1, 0.15) is 38.5 Å². The molecule has 0 aromatic carbocycles. The predicted octanol–water partition coefficient (Wildman–Crippen LogP) is 1.29. The van der Waals surface area contributed by atoms with Crippen molar-refractivity contribution < 1.29 is 4.79 Å². The van der Waals surface area contributed by atoms with E-state index < -0.39 is 0 Å². The first-order valence-electron chi connectivity index (χ1n) is 6.87. The van der Waals surface area contributed by atoms with Gasteiger partial charge in [-0.3, -0.25) is 4.79 Å². The highest BCUT2D eigenvalue weighted by Gasteiger charge is 2.56. The monoisotopic (exact) mass is 222 g/mol. The lowest BCUT2D eigenvalue weighted by Gasteiger charge is -2.11. The number of carbonyl (C=O) groups excluding carboxylic acids is 1. The molecule has 3 atom stereocenters. The minimum Gasteiger partial charge on any atom is -0.356 e. The molecule has 3 heteroatoms. The third-order valence-corrected chi connectivity index (χ3v) is 4.66. The SMILES string of the molecule is O=C(NCC[C@@H]1CCCN1)C1C2CCCC21. The molecule has 1 aliphatic heterocycles. The average molecular weight is 222 g/mol. The van der Waals surface area contributed by atoms with Gasteiger partial charge in [0.2, 0.25) is 5.91 Å². The van der Waals surface area contributed by atoms with Crippen LogP contribution in [0, 0.1) is 17.8 Å². The van der Waals surface area contributed by atoms with Gasteiger partial charge in [-0.05, 0) is 50.5 Å². The van der Waals surface area contributed by atoms with Crippen molar-refractivity contribution in [1.82, 2.24) is 10.6 Å². The van der Waals surface area contributed by atoms with Gasteiger partial charge in [0, 0.05) is 18.5 Å². The van der Waals surface area contributed by atoms with Crippen molar-refractivity contribution in [1.29, 1.82) is 0 Å². The van der Waals surface area contributed by atoms with Crippen molar-refractivity contribution in [2.24, 2.45) is 17.8 Å². The number of rotatable bonds is 4. The van der Waals surface area contributed by atoms with Gasteiger partial charge in [0.1, 0.15) is 0 Å². The third kappa shape index (κ3) is 1.97. The molecule has 0 aromatic heterocycles. The molecule has 3 fully saturated rings. The minimum absolute atomic E-state index is 0.340. The highest BCUT2D eigenvalue weighted by molar-refractivity contribution is 5.82. The predicted molar refractivity (Wildman–Crippen MR) is 63.0 cm³/mol. The molecule has 0 bridgehead atoms. The molecule has 0 aromatic rings. The summed E-state index contributed by atoms with van der Waals surface area (Å²) in [7, 11) is 0. The molecule has 3 aliphatic rings. The van der Waals surface area contributed by atoms with Gasteiger partial charge in [-0.1, -0.05) is 6.42 Å². The van der Waals surface area contributed by atoms with E-state index in [0.29, 0.717) is 17.9 Å². The fraction of sp³-hybridized carbons (Fsp3) is 0.923. The van der Waals surface area contributed by atoms with E-state index in [9.17, 15) is 4.79 Å². The second kappa shape index (κ2) is 4.36. The largest absolute Gasteiger partial charge is 0.356 e. The lowest BCUT2D eigenvalue weighted by molar-refractivity contribution is -0.123. The van der Waals surface area contributed by atoms with Gasteiger partial charge in [-0.2, -0.15) is 0 Å². The van der Waals surface area contributed by atoms with Crippen LogP contribution in [-0.4, -0.2) is 25.0 Å². The fourth-order valence-corrected chi connectivity index (χ4v) is 3.70. The Morgan fingerprint density at radius 3 is 2.69 bits per heavy atom. The zero-order valence-corrected chi connectivity index (χ0v) is 9.87. The summed E-state index contributed by atoms with van der Waals surface area (Å²) in [4.78, 5) is 11.9. The topological polar surface area (TPSA) is 41.1 Å². The van der Waals surface area contributed by atoms with Crippen LogP contribution in [-0.2, 0) is 4.79 Å². The zero-order chi connectivity index (χ0) is 11.0. The minimum atomic E-state index is 0.340. The molecule has 3 rings (SSSR count). The smallest absolute Gasteiger partial charge is 0.223 e. The Kier molecular flexibility index (Phi) is 2.88. The second-order valence-corrected chi connectivity index (χ2v) is 5.66. The van der Waals surface area contributed by atoms with Crippen molar-refractivity contribution in [3.8, 4) is 0 Å². The van der Waals surface area contributed by atoms with E-state index in [1.165, 1.54) is 32.1 Å². The first-order valence-corrected chi connectivity index (χ1v) is 6.87. The normalized spacial score (nSPS) is 40.8. The lowest BCUT2D eigenvalue weighted by Crippen LogP contribution is -2.32. The Balaban J connectivity index is 1.34. The maximum Gasteiger partial charge on any atom is 0.223 e. The molecule has 1 amide bonds. The number of hydrogen-bond donors (Lipinski definition) is 2. The Morgan fingerprint density at radius 2 is 2.00 bits per heavy atom. The lowest BCUT2D eigenvalue weighted by atomic mass is 10.1. The van der Waals surface area contributed by atoms with Gasteiger partial charge in [-0.15, -0.1) is 0 Å². The van der Waals surface area contributed by atoms with Crippen LogP contribution in [0.4, 0.5) is 0 Å². The van der Waals surface area contributed by atoms with Gasteiger partial charge >= 0.3 is 0 Å². The summed E-state index contributed by atoms with van der Waals surface area (Å²) in [6, 6.07) is 0.652. The Bertz CT molecular complexity index is 263. The molecule has 2 N–H and O–H groups in total. The van der Waals surface area contributed by atoms with Crippen LogP contribution in [0.5, 0.6) is 0 Å². The summed E-state index contributed by atoms with van der Waals surface area (Å²) in [5.74, 6) is 2.24. The molecule has 1 saturated heterocycles. The maximum atomic E-state index is 11.9. The molecule has 2 aliphatic carbocycles. The van der Waals surface area contributed by atoms with E-state index in [2.05, 4.69) is 10.6 Å². The zero-order valence-electron chi connectivity index (χ0n) is 9.87. The Hall–Kier alpha value is -0.570. The highest BCUT2D eigenvalue weighted by atomic mass is 16.2. The van der Waals surface area contributed by atoms with Crippen LogP contribution >= 0.6 is 0 Å². The quantitative estimate of drug-likeness (QED) is 0.752. The third-order valence-electron chi connectivity index (χ3n) is 4.66. The average Bonchev–Trinajstić information content (AvgIpc) is 2.76. The van der Waals surface area contributed by atoms with Crippen LogP contribution in [0.3, 0.4) is 0 Å². The number of amides is 1. The molecule has 2 saturated carbocycles. The molecule has 0 radical (unpaired) electrons. The van der Waals surface area contributed by atoms with Crippen molar-refractivity contribution in [2.45, 2.75) is 44.6 Å². The van der Waals surface area contributed by atoms with Crippen LogP contribution in [0.2, 0.25) is 0 Å². The van der Waals surface area contributed by atoms with Crippen LogP contribution in [0.15, 0.2) is 0 Å². The number of fused-ring (bicyclic) bond motifs is 1. The van der Waals surface area contributed by atoms with Gasteiger partial charge < -0.3 is 10.6 Å². The van der Waals surface area contributed by atoms with E-state index in [1.54, 1.807) is 0 Å². The summed E-state index contributed by atoms with van der Waals surface area (Å²) >= 11 is 0. The summed E-state index contributed by atoms with van der Waals surface area (Å²) in [6.07, 6.45) is 7.63. The molecular formula is C13H22N2O. The van der Waals surface area contributed by atoms with Gasteiger partial charge in [-0.25, -0.2) is 0 Å². The Labute approximate surface area is 97.4 Å². The van der Waals surface area contributed by atoms with Crippen molar-refractivity contribution in [3.63, 3.8) is 0 Å². The molecular weight excluding hydrogens is 200 g/mol. The van der Waals surface area contributed by atoms with E-state index in [-0.39, 0.29) is 0 Å². The van der Waals surface area contributed by atoms with Gasteiger partial charge in [0.25, 0.3) is 0 Å². The van der Waals surface area contributed by atoms with E-state index in [4.69, 9.17) is 0 Å². The summed E-state index contributed by atoms with van der Waals surface area (Å²) in [6.45, 7) is 2.03. The molecule has 1 heterocycles. The van der Waals surface area contributed by atoms with Crippen molar-refractivity contribution >= 4 is 5.91 Å². The summed E-state index contributed by atoms with van der Waals surface area (Å²) in [5.41, 5.74) is 0.